The second-order valence-corrected chi connectivity index (χ2v) is 12.5. The van der Waals surface area contributed by atoms with E-state index in [9.17, 15) is 38.9 Å². The van der Waals surface area contributed by atoms with Crippen molar-refractivity contribution in [2.45, 2.75) is 90.8 Å². The highest BCUT2D eigenvalue weighted by Crippen LogP contribution is 2.59. The summed E-state index contributed by atoms with van der Waals surface area (Å²) in [5, 5.41) is 13.7. The number of methoxy groups -OCH3 is 1. The number of benzene rings is 1. The summed E-state index contributed by atoms with van der Waals surface area (Å²) in [6, 6.07) is 1.93. The molecule has 19 nitrogen and oxygen atoms in total. The normalized spacial score (nSPS) is 22.9. The lowest BCUT2D eigenvalue weighted by atomic mass is 9.85. The van der Waals surface area contributed by atoms with Crippen LogP contribution in [0.4, 0.5) is 13.5 Å². The van der Waals surface area contributed by atoms with Crippen LogP contribution in [0.2, 0.25) is 0 Å². The second kappa shape index (κ2) is 18.7. The molecule has 292 valence electrons. The van der Waals surface area contributed by atoms with Crippen LogP contribution in [0, 0.1) is 10.1 Å². The van der Waals surface area contributed by atoms with Gasteiger partial charge in [-0.25, -0.2) is 4.79 Å². The zero-order chi connectivity index (χ0) is 39.6. The Morgan fingerprint density at radius 2 is 1.54 bits per heavy atom. The lowest BCUT2D eigenvalue weighted by Gasteiger charge is -2.52. The summed E-state index contributed by atoms with van der Waals surface area (Å²) < 4.78 is 76.4. The SMILES string of the molecule is CCN(CC)S(F)(F)O[C@H]1[C@H](OC(C)=O)[C@@H](NC(C)=O)[C@H]([C@H](OC(C)=O)[C@@H](COC(C)=O)OC(C)=O)O[C@@]1(Oc1ccc([N+](=O)[O-])cc1)C(=O)OC. The third kappa shape index (κ3) is 11.2. The number of esters is 5. The topological polar surface area (TPSA) is 235 Å². The summed E-state index contributed by atoms with van der Waals surface area (Å²) in [6.07, 6.45) is -10.6. The highest BCUT2D eigenvalue weighted by molar-refractivity contribution is 8.19. The number of halogens is 2. The number of carbonyl (C=O) groups excluding carboxylic acids is 6. The fraction of sp³-hybridized carbons (Fsp3) is 0.600. The Morgan fingerprint density at radius 1 is 0.962 bits per heavy atom. The van der Waals surface area contributed by atoms with Gasteiger partial charge in [0.2, 0.25) is 17.2 Å². The van der Waals surface area contributed by atoms with Gasteiger partial charge in [0, 0.05) is 59.8 Å². The highest BCUT2D eigenvalue weighted by atomic mass is 32.3. The molecule has 1 aliphatic heterocycles. The third-order valence-corrected chi connectivity index (χ3v) is 8.69. The molecule has 0 saturated carbocycles. The Balaban J connectivity index is 3.11. The van der Waals surface area contributed by atoms with Crippen molar-refractivity contribution < 1.29 is 78.8 Å². The first-order valence-electron chi connectivity index (χ1n) is 15.5. The zero-order valence-electron chi connectivity index (χ0n) is 29.5. The summed E-state index contributed by atoms with van der Waals surface area (Å²) in [5.74, 6) is -10.4. The maximum Gasteiger partial charge on any atom is 0.382 e. The smallest absolute Gasteiger partial charge is 0.382 e. The molecular weight excluding hydrogens is 728 g/mol. The molecule has 1 aliphatic rings. The molecule has 0 bridgehead atoms. The Morgan fingerprint density at radius 3 is 1.98 bits per heavy atom. The number of non-ortho nitro benzene ring substituents is 1. The highest BCUT2D eigenvalue weighted by Gasteiger charge is 2.69. The van der Waals surface area contributed by atoms with Gasteiger partial charge in [0.1, 0.15) is 18.5 Å². The van der Waals surface area contributed by atoms with Crippen LogP contribution >= 0.6 is 11.3 Å². The van der Waals surface area contributed by atoms with E-state index >= 15 is 7.77 Å². The van der Waals surface area contributed by atoms with Crippen molar-refractivity contribution in [3.8, 4) is 5.75 Å². The molecular formula is C30H41F2N3O16S. The van der Waals surface area contributed by atoms with Gasteiger partial charge < -0.3 is 38.5 Å². The first-order valence-corrected chi connectivity index (χ1v) is 16.8. The van der Waals surface area contributed by atoms with Crippen molar-refractivity contribution >= 4 is 52.7 Å². The predicted octanol–water partition coefficient (Wildman–Crippen LogP) is 2.24. The van der Waals surface area contributed by atoms with Gasteiger partial charge in [-0.2, -0.15) is 4.31 Å². The predicted molar refractivity (Wildman–Crippen MR) is 172 cm³/mol. The Hall–Kier alpha value is -4.67. The number of rotatable bonds is 17. The minimum absolute atomic E-state index is 0.286. The summed E-state index contributed by atoms with van der Waals surface area (Å²) in [4.78, 5) is 86.5. The average Bonchev–Trinajstić information content (AvgIpc) is 3.04. The minimum Gasteiger partial charge on any atom is -0.464 e. The number of nitrogens with one attached hydrogen (secondary N) is 1. The lowest BCUT2D eigenvalue weighted by Crippen LogP contribution is -2.76. The number of ether oxygens (including phenoxy) is 7. The maximum atomic E-state index is 16.1. The fourth-order valence-electron chi connectivity index (χ4n) is 5.16. The van der Waals surface area contributed by atoms with Gasteiger partial charge in [-0.15, -0.1) is 7.77 Å². The van der Waals surface area contributed by atoms with Gasteiger partial charge in [0.05, 0.1) is 18.1 Å². The first kappa shape index (κ1) is 43.5. The molecule has 1 aromatic carbocycles. The van der Waals surface area contributed by atoms with Crippen LogP contribution in [-0.2, 0) is 61.4 Å². The van der Waals surface area contributed by atoms with E-state index in [4.69, 9.17) is 37.3 Å². The molecule has 0 aromatic heterocycles. The molecule has 0 unspecified atom stereocenters. The number of nitrogens with zero attached hydrogens (tertiary/aromatic N) is 2. The quantitative estimate of drug-likeness (QED) is 0.104. The molecule has 1 fully saturated rings. The van der Waals surface area contributed by atoms with Gasteiger partial charge in [-0.1, -0.05) is 13.8 Å². The molecule has 7 atom stereocenters. The average molecular weight is 770 g/mol. The number of carbonyl (C=O) groups is 6. The van der Waals surface area contributed by atoms with Crippen LogP contribution in [0.1, 0.15) is 48.5 Å². The number of amides is 1. The minimum atomic E-state index is -5.41. The molecule has 1 amide bonds. The van der Waals surface area contributed by atoms with Crippen molar-refractivity contribution in [1.82, 2.24) is 9.62 Å². The zero-order valence-corrected chi connectivity index (χ0v) is 30.3. The van der Waals surface area contributed by atoms with Crippen LogP contribution < -0.4 is 10.1 Å². The van der Waals surface area contributed by atoms with Crippen LogP contribution in [0.5, 0.6) is 5.75 Å². The molecule has 22 heteroatoms. The van der Waals surface area contributed by atoms with Gasteiger partial charge in [-0.3, -0.25) is 38.3 Å². The van der Waals surface area contributed by atoms with Crippen LogP contribution in [0.15, 0.2) is 24.3 Å². The van der Waals surface area contributed by atoms with Crippen LogP contribution in [-0.4, -0.2) is 114 Å². The molecule has 0 radical (unpaired) electrons. The largest absolute Gasteiger partial charge is 0.464 e. The van der Waals surface area contributed by atoms with Gasteiger partial charge in [0.25, 0.3) is 5.69 Å². The molecule has 1 N–H and O–H groups in total. The van der Waals surface area contributed by atoms with E-state index in [-0.39, 0.29) is 13.1 Å². The first-order chi connectivity index (χ1) is 24.2. The summed E-state index contributed by atoms with van der Waals surface area (Å²) in [7, 11) is 0.806. The molecule has 1 saturated heterocycles. The monoisotopic (exact) mass is 769 g/mol. The van der Waals surface area contributed by atoms with E-state index in [2.05, 4.69) is 5.32 Å². The van der Waals surface area contributed by atoms with Crippen molar-refractivity contribution in [3.05, 3.63) is 34.4 Å². The van der Waals surface area contributed by atoms with Crippen molar-refractivity contribution in [2.75, 3.05) is 26.8 Å². The fourth-order valence-corrected chi connectivity index (χ4v) is 6.36. The third-order valence-electron chi connectivity index (χ3n) is 7.14. The summed E-state index contributed by atoms with van der Waals surface area (Å²) in [6.45, 7) is 6.06. The molecule has 1 heterocycles. The molecule has 0 aliphatic carbocycles. The number of nitro benzene ring substituents is 1. The molecule has 0 spiro atoms. The summed E-state index contributed by atoms with van der Waals surface area (Å²) in [5.41, 5.74) is -0.444. The molecule has 52 heavy (non-hydrogen) atoms. The molecule has 2 rings (SSSR count). The van der Waals surface area contributed by atoms with Crippen LogP contribution in [0.25, 0.3) is 0 Å². The Bertz CT molecular complexity index is 1480. The summed E-state index contributed by atoms with van der Waals surface area (Å²) >= 11 is -5.41. The van der Waals surface area contributed by atoms with Crippen molar-refractivity contribution in [1.29, 1.82) is 0 Å². The van der Waals surface area contributed by atoms with E-state index in [1.165, 1.54) is 13.8 Å². The van der Waals surface area contributed by atoms with Gasteiger partial charge in [-0.05, 0) is 12.1 Å². The Labute approximate surface area is 298 Å². The standard InChI is InChI=1S/C30H41F2N3O16S/c1-9-34(10-2)52(31,32)51-28-27(48-20(7)40)24(33-16(3)36)26(25(47-19(6)39)23(46-18(5)38)15-45-17(4)37)50-30(28,29(41)44-8)49-22-13-11-21(12-14-22)35(42)43/h11-14,23-28H,9-10,15H2,1-8H3,(H,33,36)/t23-,24+,25-,26-,27-,28+,30-/m1/s1. The lowest BCUT2D eigenvalue weighted by molar-refractivity contribution is -0.384. The van der Waals surface area contributed by atoms with Gasteiger partial charge >= 0.3 is 35.6 Å². The number of hydrogen-bond acceptors (Lipinski definition) is 17. The van der Waals surface area contributed by atoms with E-state index in [0.29, 0.717) is 4.31 Å². The molecule has 1 aromatic rings. The number of hydrogen-bond donors (Lipinski definition) is 1. The Kier molecular flexibility index (Phi) is 15.6. The second-order valence-electron chi connectivity index (χ2n) is 10.9. The van der Waals surface area contributed by atoms with Crippen molar-refractivity contribution in [2.24, 2.45) is 0 Å². The van der Waals surface area contributed by atoms with Crippen LogP contribution in [0.3, 0.4) is 0 Å². The van der Waals surface area contributed by atoms with E-state index in [1.54, 1.807) is 0 Å². The van der Waals surface area contributed by atoms with E-state index < -0.39 is 112 Å². The number of nitro groups is 1. The van der Waals surface area contributed by atoms with E-state index in [0.717, 1.165) is 66.0 Å². The van der Waals surface area contributed by atoms with E-state index in [1.807, 2.05) is 0 Å². The maximum absolute atomic E-state index is 16.1. The van der Waals surface area contributed by atoms with Crippen molar-refractivity contribution in [3.63, 3.8) is 0 Å². The van der Waals surface area contributed by atoms with Gasteiger partial charge in [0.15, 0.2) is 24.4 Å².